The zero-order valence-electron chi connectivity index (χ0n) is 11.9. The summed E-state index contributed by atoms with van der Waals surface area (Å²) in [4.78, 5) is 32.1. The van der Waals surface area contributed by atoms with Crippen molar-refractivity contribution in [2.75, 3.05) is 13.1 Å². The van der Waals surface area contributed by atoms with E-state index in [4.69, 9.17) is 5.11 Å². The minimum absolute atomic E-state index is 0.0588. The number of carbonyl (C=O) groups is 2. The number of carbonyl (C=O) groups excluding carboxylic acids is 1. The van der Waals surface area contributed by atoms with Gasteiger partial charge in [-0.25, -0.2) is 14.6 Å². The van der Waals surface area contributed by atoms with Gasteiger partial charge in [-0.1, -0.05) is 0 Å². The molecule has 2 aliphatic rings. The molecule has 21 heavy (non-hydrogen) atoms. The molecule has 1 aliphatic carbocycles. The van der Waals surface area contributed by atoms with E-state index < -0.39 is 11.5 Å². The molecule has 0 unspecified atom stereocenters. The van der Waals surface area contributed by atoms with Crippen molar-refractivity contribution in [1.82, 2.24) is 20.2 Å². The summed E-state index contributed by atoms with van der Waals surface area (Å²) in [6.45, 7) is 1.58. The summed E-state index contributed by atoms with van der Waals surface area (Å²) in [5.74, 6) is -0.484. The third-order valence-corrected chi connectivity index (χ3v) is 4.46. The lowest BCUT2D eigenvalue weighted by molar-refractivity contribution is 0.0690. The van der Waals surface area contributed by atoms with E-state index >= 15 is 0 Å². The van der Waals surface area contributed by atoms with E-state index in [-0.39, 0.29) is 11.7 Å². The van der Waals surface area contributed by atoms with Gasteiger partial charge in [0.2, 0.25) is 0 Å². The summed E-state index contributed by atoms with van der Waals surface area (Å²) in [7, 11) is 0. The lowest BCUT2D eigenvalue weighted by Gasteiger charge is -2.42. The molecule has 3 N–H and O–H groups in total. The van der Waals surface area contributed by atoms with Gasteiger partial charge in [0.15, 0.2) is 0 Å². The maximum Gasteiger partial charge on any atom is 0.353 e. The molecule has 0 radical (unpaired) electrons. The van der Waals surface area contributed by atoms with Gasteiger partial charge < -0.3 is 20.3 Å². The number of nitrogens with zero attached hydrogens (tertiary/aromatic N) is 2. The number of imidazole rings is 1. The number of hydrogen-bond donors (Lipinski definition) is 3. The molecule has 0 atom stereocenters. The second-order valence-corrected chi connectivity index (χ2v) is 5.86. The lowest BCUT2D eigenvalue weighted by atomic mass is 9.76. The summed E-state index contributed by atoms with van der Waals surface area (Å²) < 4.78 is 0. The molecular weight excluding hydrogens is 272 g/mol. The Hall–Kier alpha value is -2.05. The molecule has 2 amide bonds. The number of carboxylic acids is 1. The second-order valence-electron chi connectivity index (χ2n) is 5.86. The molecule has 0 bridgehead atoms. The van der Waals surface area contributed by atoms with Crippen molar-refractivity contribution in [2.24, 2.45) is 0 Å². The van der Waals surface area contributed by atoms with E-state index in [1.54, 1.807) is 0 Å². The Labute approximate surface area is 122 Å². The first-order chi connectivity index (χ1) is 10.1. The fourth-order valence-electron chi connectivity index (χ4n) is 3.01. The van der Waals surface area contributed by atoms with E-state index in [0.717, 1.165) is 45.2 Å². The molecule has 1 aliphatic heterocycles. The van der Waals surface area contributed by atoms with Gasteiger partial charge in [0.25, 0.3) is 0 Å². The van der Waals surface area contributed by atoms with Gasteiger partial charge in [-0.05, 0) is 38.5 Å². The van der Waals surface area contributed by atoms with Crippen LogP contribution in [0.2, 0.25) is 0 Å². The molecule has 2 fully saturated rings. The minimum Gasteiger partial charge on any atom is -0.477 e. The third-order valence-electron chi connectivity index (χ3n) is 4.46. The molecule has 0 spiro atoms. The number of rotatable bonds is 3. The van der Waals surface area contributed by atoms with E-state index in [1.165, 1.54) is 12.6 Å². The van der Waals surface area contributed by atoms with E-state index in [9.17, 15) is 9.59 Å². The Morgan fingerprint density at radius 1 is 1.24 bits per heavy atom. The number of piperidine rings is 1. The second kappa shape index (κ2) is 5.38. The number of aromatic nitrogens is 2. The average molecular weight is 292 g/mol. The fraction of sp³-hybridized carbons (Fsp3) is 0.643. The zero-order valence-corrected chi connectivity index (χ0v) is 11.9. The van der Waals surface area contributed by atoms with E-state index in [2.05, 4.69) is 15.3 Å². The van der Waals surface area contributed by atoms with Crippen LogP contribution in [0.15, 0.2) is 6.20 Å². The van der Waals surface area contributed by atoms with Crippen LogP contribution in [0.25, 0.3) is 0 Å². The number of likely N-dealkylation sites (tertiary alicyclic amines) is 1. The molecule has 1 aromatic heterocycles. The van der Waals surface area contributed by atoms with Crippen LogP contribution < -0.4 is 5.32 Å². The van der Waals surface area contributed by atoms with Crippen molar-refractivity contribution in [3.05, 3.63) is 17.7 Å². The Bertz CT molecular complexity index is 544. The van der Waals surface area contributed by atoms with Crippen LogP contribution in [-0.2, 0) is 5.54 Å². The molecule has 3 rings (SSSR count). The highest BCUT2D eigenvalue weighted by atomic mass is 16.4. The van der Waals surface area contributed by atoms with Gasteiger partial charge in [-0.2, -0.15) is 0 Å². The average Bonchev–Trinajstić information content (AvgIpc) is 2.93. The van der Waals surface area contributed by atoms with Gasteiger partial charge in [0.1, 0.15) is 11.5 Å². The van der Waals surface area contributed by atoms with Gasteiger partial charge in [-0.15, -0.1) is 0 Å². The first-order valence-corrected chi connectivity index (χ1v) is 7.47. The van der Waals surface area contributed by atoms with Crippen molar-refractivity contribution >= 4 is 12.0 Å². The molecule has 2 heterocycles. The van der Waals surface area contributed by atoms with Crippen LogP contribution in [0.4, 0.5) is 4.79 Å². The van der Waals surface area contributed by atoms with Gasteiger partial charge in [-0.3, -0.25) is 0 Å². The van der Waals surface area contributed by atoms with E-state index in [0.29, 0.717) is 5.82 Å². The quantitative estimate of drug-likeness (QED) is 0.789. The highest BCUT2D eigenvalue weighted by Crippen LogP contribution is 2.40. The summed E-state index contributed by atoms with van der Waals surface area (Å²) in [5.41, 5.74) is -0.467. The molecule has 7 heteroatoms. The minimum atomic E-state index is -1.04. The Morgan fingerprint density at radius 2 is 1.95 bits per heavy atom. The maximum atomic E-state index is 12.4. The number of aromatic amines is 1. The normalized spacial score (nSPS) is 20.7. The molecule has 1 aromatic rings. The number of urea groups is 1. The van der Waals surface area contributed by atoms with Gasteiger partial charge in [0, 0.05) is 13.1 Å². The highest BCUT2D eigenvalue weighted by Gasteiger charge is 2.43. The number of aromatic carboxylic acids is 1. The summed E-state index contributed by atoms with van der Waals surface area (Å²) in [6.07, 6.45) is 7.16. The number of hydrogen-bond acceptors (Lipinski definition) is 3. The summed E-state index contributed by atoms with van der Waals surface area (Å²) >= 11 is 0. The topological polar surface area (TPSA) is 98.3 Å². The molecular formula is C14H20N4O3. The van der Waals surface area contributed by atoms with Gasteiger partial charge in [0.05, 0.1) is 11.7 Å². The molecule has 0 aromatic carbocycles. The SMILES string of the molecule is O=C(O)c1cnc(C2(NC(=O)N3CCCCC3)CCC2)[nH]1. The van der Waals surface area contributed by atoms with Crippen LogP contribution in [0.3, 0.4) is 0 Å². The number of amides is 2. The summed E-state index contributed by atoms with van der Waals surface area (Å²) in [6, 6.07) is -0.0670. The van der Waals surface area contributed by atoms with Crippen molar-refractivity contribution in [3.63, 3.8) is 0 Å². The Kier molecular flexibility index (Phi) is 3.57. The fourth-order valence-corrected chi connectivity index (χ4v) is 3.01. The summed E-state index contributed by atoms with van der Waals surface area (Å²) in [5, 5.41) is 12.0. The highest BCUT2D eigenvalue weighted by molar-refractivity contribution is 5.85. The smallest absolute Gasteiger partial charge is 0.353 e. The zero-order chi connectivity index (χ0) is 14.9. The molecule has 1 saturated heterocycles. The Morgan fingerprint density at radius 3 is 2.48 bits per heavy atom. The third kappa shape index (κ3) is 2.59. The van der Waals surface area contributed by atoms with Crippen LogP contribution >= 0.6 is 0 Å². The van der Waals surface area contributed by atoms with E-state index in [1.807, 2.05) is 4.90 Å². The first kappa shape index (κ1) is 13.9. The molecule has 7 nitrogen and oxygen atoms in total. The van der Waals surface area contributed by atoms with Crippen molar-refractivity contribution in [2.45, 2.75) is 44.1 Å². The lowest BCUT2D eigenvalue weighted by Crippen LogP contribution is -2.56. The largest absolute Gasteiger partial charge is 0.477 e. The number of carboxylic acid groups (broad SMARTS) is 1. The van der Waals surface area contributed by atoms with Crippen LogP contribution in [0.5, 0.6) is 0 Å². The molecule has 1 saturated carbocycles. The standard InChI is InChI=1S/C14H20N4O3/c19-11(20)10-9-15-12(16-10)14(5-4-6-14)17-13(21)18-7-2-1-3-8-18/h9H,1-8H2,(H,15,16)(H,17,21)(H,19,20). The van der Waals surface area contributed by atoms with Crippen LogP contribution in [-0.4, -0.2) is 45.1 Å². The van der Waals surface area contributed by atoms with Crippen LogP contribution in [0.1, 0.15) is 54.8 Å². The van der Waals surface area contributed by atoms with Crippen LogP contribution in [0, 0.1) is 0 Å². The van der Waals surface area contributed by atoms with Gasteiger partial charge >= 0.3 is 12.0 Å². The van der Waals surface area contributed by atoms with Crippen molar-refractivity contribution in [3.8, 4) is 0 Å². The monoisotopic (exact) mass is 292 g/mol. The number of nitrogens with one attached hydrogen (secondary N) is 2. The number of H-pyrrole nitrogens is 1. The Balaban J connectivity index is 1.73. The predicted octanol–water partition coefficient (Wildman–Crippen LogP) is 1.68. The first-order valence-electron chi connectivity index (χ1n) is 7.47. The van der Waals surface area contributed by atoms with Crippen molar-refractivity contribution < 1.29 is 14.7 Å². The predicted molar refractivity (Wildman–Crippen MR) is 75.0 cm³/mol. The maximum absolute atomic E-state index is 12.4. The van der Waals surface area contributed by atoms with Crippen molar-refractivity contribution in [1.29, 1.82) is 0 Å². The molecule has 114 valence electrons.